The molecule has 1 aliphatic rings. The Morgan fingerprint density at radius 1 is 1.14 bits per heavy atom. The van der Waals surface area contributed by atoms with E-state index in [1.165, 1.54) is 23.0 Å². The Morgan fingerprint density at radius 2 is 1.94 bits per heavy atom. The molecule has 2 aromatic carbocycles. The Balaban J connectivity index is 1.52. The molecule has 8 nitrogen and oxygen atoms in total. The molecule has 0 aliphatic carbocycles. The van der Waals surface area contributed by atoms with Crippen LogP contribution in [0.15, 0.2) is 70.4 Å². The normalized spacial score (nSPS) is 15.5. The van der Waals surface area contributed by atoms with Crippen molar-refractivity contribution in [1.29, 1.82) is 0 Å². The van der Waals surface area contributed by atoms with Crippen LogP contribution in [0.25, 0.3) is 0 Å². The summed E-state index contributed by atoms with van der Waals surface area (Å²) in [6, 6.07) is 16.3. The maximum Gasteiger partial charge on any atom is 0.302 e. The number of hydrogen-bond donors (Lipinski definition) is 1. The molecule has 35 heavy (non-hydrogen) atoms. The summed E-state index contributed by atoms with van der Waals surface area (Å²) in [6.07, 6.45) is 2.22. The van der Waals surface area contributed by atoms with Gasteiger partial charge >= 0.3 is 5.24 Å². The van der Waals surface area contributed by atoms with Crippen LogP contribution in [0.4, 0.5) is 10.5 Å². The van der Waals surface area contributed by atoms with E-state index in [0.717, 1.165) is 23.3 Å². The zero-order valence-electron chi connectivity index (χ0n) is 19.8. The molecule has 9 heteroatoms. The van der Waals surface area contributed by atoms with Gasteiger partial charge in [0.2, 0.25) is 0 Å². The zero-order chi connectivity index (χ0) is 24.8. The third-order valence-corrected chi connectivity index (χ3v) is 6.66. The number of ether oxygens (including phenoxy) is 2. The average molecular weight is 494 g/mol. The van der Waals surface area contributed by atoms with Gasteiger partial charge in [-0.3, -0.25) is 9.59 Å². The fourth-order valence-electron chi connectivity index (χ4n) is 3.66. The van der Waals surface area contributed by atoms with Crippen LogP contribution in [0.3, 0.4) is 0 Å². The summed E-state index contributed by atoms with van der Waals surface area (Å²) in [7, 11) is 1.60. The molecule has 1 atom stereocenters. The van der Waals surface area contributed by atoms with Gasteiger partial charge in [0.25, 0.3) is 5.91 Å². The summed E-state index contributed by atoms with van der Waals surface area (Å²) in [6.45, 7) is 4.81. The second kappa shape index (κ2) is 11.1. The molecule has 0 bridgehead atoms. The number of carbonyl (C=O) groups is 2. The minimum Gasteiger partial charge on any atom is -0.493 e. The van der Waals surface area contributed by atoms with E-state index in [2.05, 4.69) is 5.32 Å². The minimum atomic E-state index is -0.323. The summed E-state index contributed by atoms with van der Waals surface area (Å²) >= 11 is 1.27. The van der Waals surface area contributed by atoms with Gasteiger partial charge in [-0.2, -0.15) is 5.10 Å². The van der Waals surface area contributed by atoms with Gasteiger partial charge in [-0.15, -0.1) is 0 Å². The molecular weight excluding hydrogens is 466 g/mol. The molecule has 0 saturated carbocycles. The number of nitrogens with zero attached hydrogens (tertiary/aromatic N) is 2. The molecule has 0 spiro atoms. The quantitative estimate of drug-likeness (QED) is 0.405. The second-order valence-electron chi connectivity index (χ2n) is 7.75. The monoisotopic (exact) mass is 493 g/mol. The third-order valence-electron chi connectivity index (χ3n) is 5.41. The zero-order valence-corrected chi connectivity index (χ0v) is 20.6. The molecular formula is C26H27N3O5S. The summed E-state index contributed by atoms with van der Waals surface area (Å²) < 4.78 is 16.2. The highest BCUT2D eigenvalue weighted by Crippen LogP contribution is 2.34. The van der Waals surface area contributed by atoms with Crippen molar-refractivity contribution in [3.05, 3.63) is 77.7 Å². The molecule has 1 aromatic heterocycles. The maximum absolute atomic E-state index is 12.8. The SMILES string of the molecule is CCOc1ccc(C2=NN(Cc3ccc(NC(=O)c4ccco4)cc3)C(=O)SC2CC)cc1OC. The fourth-order valence-corrected chi connectivity index (χ4v) is 4.59. The van der Waals surface area contributed by atoms with E-state index < -0.39 is 0 Å². The Labute approximate surface area is 208 Å². The van der Waals surface area contributed by atoms with Crippen molar-refractivity contribution in [3.8, 4) is 11.5 Å². The summed E-state index contributed by atoms with van der Waals surface area (Å²) in [4.78, 5) is 25.0. The van der Waals surface area contributed by atoms with E-state index in [0.29, 0.717) is 30.3 Å². The standard InChI is InChI=1S/C26H27N3O5S/c1-4-23-24(18-10-13-20(33-5-2)22(15-18)32-3)28-29(26(31)35-23)16-17-8-11-19(12-9-17)27-25(30)21-7-6-14-34-21/h6-15,23H,4-5,16H2,1-3H3,(H,27,30). The molecule has 0 fully saturated rings. The number of thioether (sulfide) groups is 1. The van der Waals surface area contributed by atoms with Crippen molar-refractivity contribution in [2.45, 2.75) is 32.1 Å². The van der Waals surface area contributed by atoms with E-state index in [9.17, 15) is 9.59 Å². The molecule has 1 N–H and O–H groups in total. The second-order valence-corrected chi connectivity index (χ2v) is 8.90. The molecule has 0 radical (unpaired) electrons. The van der Waals surface area contributed by atoms with Gasteiger partial charge in [-0.25, -0.2) is 5.01 Å². The smallest absolute Gasteiger partial charge is 0.302 e. The first-order chi connectivity index (χ1) is 17.0. The fraction of sp³-hybridized carbons (Fsp3) is 0.269. The van der Waals surface area contributed by atoms with Crippen LogP contribution in [0.1, 0.15) is 41.9 Å². The highest BCUT2D eigenvalue weighted by Gasteiger charge is 2.30. The van der Waals surface area contributed by atoms with Crippen LogP contribution < -0.4 is 14.8 Å². The summed E-state index contributed by atoms with van der Waals surface area (Å²) in [5.74, 6) is 1.21. The lowest BCUT2D eigenvalue weighted by Crippen LogP contribution is -2.34. The van der Waals surface area contributed by atoms with Crippen molar-refractivity contribution in [2.24, 2.45) is 5.10 Å². The predicted molar refractivity (Wildman–Crippen MR) is 136 cm³/mol. The number of anilines is 1. The van der Waals surface area contributed by atoms with Crippen LogP contribution in [0, 0.1) is 0 Å². The number of rotatable bonds is 9. The number of furan rings is 1. The lowest BCUT2D eigenvalue weighted by atomic mass is 10.0. The Morgan fingerprint density at radius 3 is 2.60 bits per heavy atom. The van der Waals surface area contributed by atoms with Gasteiger partial charge in [-0.05, 0) is 61.4 Å². The molecule has 2 amide bonds. The third kappa shape index (κ3) is 5.68. The molecule has 3 aromatic rings. The molecule has 2 heterocycles. The molecule has 1 unspecified atom stereocenters. The van der Waals surface area contributed by atoms with E-state index in [-0.39, 0.29) is 22.2 Å². The first-order valence-corrected chi connectivity index (χ1v) is 12.2. The van der Waals surface area contributed by atoms with Crippen molar-refractivity contribution in [2.75, 3.05) is 19.0 Å². The van der Waals surface area contributed by atoms with Gasteiger partial charge in [0.15, 0.2) is 17.3 Å². The van der Waals surface area contributed by atoms with Gasteiger partial charge < -0.3 is 19.2 Å². The topological polar surface area (TPSA) is 93.4 Å². The number of carbonyl (C=O) groups excluding carboxylic acids is 2. The first-order valence-electron chi connectivity index (χ1n) is 11.3. The van der Waals surface area contributed by atoms with Crippen LogP contribution in [-0.2, 0) is 6.54 Å². The highest BCUT2D eigenvalue weighted by atomic mass is 32.2. The van der Waals surface area contributed by atoms with E-state index >= 15 is 0 Å². The number of methoxy groups -OCH3 is 1. The average Bonchev–Trinajstić information content (AvgIpc) is 3.42. The van der Waals surface area contributed by atoms with Crippen LogP contribution >= 0.6 is 11.8 Å². The lowest BCUT2D eigenvalue weighted by molar-refractivity contribution is 0.0996. The van der Waals surface area contributed by atoms with Gasteiger partial charge in [0.1, 0.15) is 0 Å². The van der Waals surface area contributed by atoms with E-state index in [1.54, 1.807) is 31.4 Å². The van der Waals surface area contributed by atoms with Crippen LogP contribution in [-0.4, -0.2) is 40.8 Å². The van der Waals surface area contributed by atoms with Crippen molar-refractivity contribution in [1.82, 2.24) is 5.01 Å². The molecule has 0 saturated heterocycles. The lowest BCUT2D eigenvalue weighted by Gasteiger charge is -2.28. The van der Waals surface area contributed by atoms with E-state index in [4.69, 9.17) is 19.0 Å². The summed E-state index contributed by atoms with van der Waals surface area (Å²) in [5.41, 5.74) is 3.22. The summed E-state index contributed by atoms with van der Waals surface area (Å²) in [5, 5.41) is 8.84. The van der Waals surface area contributed by atoms with Crippen molar-refractivity contribution in [3.63, 3.8) is 0 Å². The Hall–Kier alpha value is -3.72. The van der Waals surface area contributed by atoms with Crippen molar-refractivity contribution < 1.29 is 23.5 Å². The number of amides is 2. The van der Waals surface area contributed by atoms with Gasteiger partial charge in [0, 0.05) is 11.3 Å². The number of nitrogens with one attached hydrogen (secondary N) is 1. The first kappa shape index (κ1) is 24.4. The highest BCUT2D eigenvalue weighted by molar-refractivity contribution is 8.14. The Bertz CT molecular complexity index is 1210. The molecule has 182 valence electrons. The molecule has 4 rings (SSSR count). The largest absolute Gasteiger partial charge is 0.493 e. The van der Waals surface area contributed by atoms with Crippen molar-refractivity contribution >= 4 is 34.3 Å². The predicted octanol–water partition coefficient (Wildman–Crippen LogP) is 5.79. The molecule has 1 aliphatic heterocycles. The number of benzene rings is 2. The van der Waals surface area contributed by atoms with Crippen LogP contribution in [0.5, 0.6) is 11.5 Å². The Kier molecular flexibility index (Phi) is 7.77. The van der Waals surface area contributed by atoms with Gasteiger partial charge in [0.05, 0.1) is 37.5 Å². The number of hydrogen-bond acceptors (Lipinski definition) is 7. The maximum atomic E-state index is 12.8. The number of hydrazone groups is 1. The van der Waals surface area contributed by atoms with Crippen LogP contribution in [0.2, 0.25) is 0 Å². The van der Waals surface area contributed by atoms with E-state index in [1.807, 2.05) is 44.2 Å². The van der Waals surface area contributed by atoms with Gasteiger partial charge in [-0.1, -0.05) is 30.8 Å². The minimum absolute atomic E-state index is 0.0550.